The molecule has 3 aromatic rings. The zero-order valence-electron chi connectivity index (χ0n) is 15.9. The van der Waals surface area contributed by atoms with E-state index in [9.17, 15) is 0 Å². The molecular weight excluding hydrogens is 298 g/mol. The van der Waals surface area contributed by atoms with E-state index in [4.69, 9.17) is 0 Å². The molecule has 4 heterocycles. The zero-order chi connectivity index (χ0) is 17.9. The number of aromatic nitrogens is 4. The van der Waals surface area contributed by atoms with Crippen molar-refractivity contribution in [2.45, 2.75) is 54.0 Å². The summed E-state index contributed by atoms with van der Waals surface area (Å²) in [6.45, 7) is 12.3. The lowest BCUT2D eigenvalue weighted by atomic mass is 9.96. The number of nitrogens with zero attached hydrogens (tertiary/aromatic N) is 3. The number of anilines is 1. The van der Waals surface area contributed by atoms with E-state index < -0.39 is 0 Å². The predicted molar refractivity (Wildman–Crippen MR) is 103 cm³/mol. The van der Waals surface area contributed by atoms with Gasteiger partial charge in [0.05, 0.1) is 11.9 Å². The van der Waals surface area contributed by atoms with Crippen LogP contribution in [0.3, 0.4) is 0 Å². The summed E-state index contributed by atoms with van der Waals surface area (Å²) in [5.41, 5.74) is 6.92. The molecule has 5 heteroatoms. The normalized spacial score (nSPS) is 15.0. The largest absolute Gasteiger partial charge is 0.381 e. The van der Waals surface area contributed by atoms with Gasteiger partial charge in [-0.3, -0.25) is 4.68 Å². The molecule has 0 aliphatic carbocycles. The Balaban J connectivity index is 0.000000487. The number of aryl methyl sites for hydroxylation is 1. The SMILES string of the molecule is CC.CC.Cc1c(-c2cnc3[nH]cc4c3c2NC(C)C4)cnn1C. The number of aromatic amines is 1. The fourth-order valence-electron chi connectivity index (χ4n) is 3.07. The van der Waals surface area contributed by atoms with Crippen LogP contribution in [0.4, 0.5) is 5.69 Å². The van der Waals surface area contributed by atoms with Gasteiger partial charge in [-0.25, -0.2) is 4.98 Å². The van der Waals surface area contributed by atoms with Crippen LogP contribution in [0, 0.1) is 6.92 Å². The molecule has 24 heavy (non-hydrogen) atoms. The van der Waals surface area contributed by atoms with Crippen LogP contribution in [-0.4, -0.2) is 25.8 Å². The molecule has 4 rings (SSSR count). The third kappa shape index (κ3) is 2.90. The van der Waals surface area contributed by atoms with Gasteiger partial charge in [0.2, 0.25) is 0 Å². The molecule has 1 aliphatic rings. The summed E-state index contributed by atoms with van der Waals surface area (Å²) in [4.78, 5) is 7.83. The highest BCUT2D eigenvalue weighted by molar-refractivity contribution is 6.01. The minimum Gasteiger partial charge on any atom is -0.381 e. The van der Waals surface area contributed by atoms with E-state index in [2.05, 4.69) is 40.4 Å². The molecule has 2 N–H and O–H groups in total. The summed E-state index contributed by atoms with van der Waals surface area (Å²) >= 11 is 0. The maximum absolute atomic E-state index is 4.56. The fourth-order valence-corrected chi connectivity index (χ4v) is 3.07. The average molecular weight is 327 g/mol. The number of nitrogens with one attached hydrogen (secondary N) is 2. The highest BCUT2D eigenvalue weighted by Crippen LogP contribution is 2.39. The van der Waals surface area contributed by atoms with Crippen LogP contribution in [0.2, 0.25) is 0 Å². The van der Waals surface area contributed by atoms with E-state index in [-0.39, 0.29) is 0 Å². The lowest BCUT2D eigenvalue weighted by molar-refractivity contribution is 0.740. The Labute approximate surface area is 144 Å². The van der Waals surface area contributed by atoms with E-state index in [1.807, 2.05) is 51.8 Å². The smallest absolute Gasteiger partial charge is 0.139 e. The fraction of sp³-hybridized carbons (Fsp3) is 0.474. The maximum Gasteiger partial charge on any atom is 0.139 e. The summed E-state index contributed by atoms with van der Waals surface area (Å²) in [6.07, 6.45) is 6.97. The summed E-state index contributed by atoms with van der Waals surface area (Å²) in [7, 11) is 1.97. The molecule has 5 nitrogen and oxygen atoms in total. The standard InChI is InChI=1S/C15H17N5.2C2H6/c1-8-4-10-5-16-15-13(10)14(19-8)12(6-17-15)11-7-18-20(3)9(11)2;2*1-2/h5-8,19H,4H2,1-3H3,(H,16,17);2*1-2H3. The van der Waals surface area contributed by atoms with Gasteiger partial charge in [0.15, 0.2) is 0 Å². The predicted octanol–water partition coefficient (Wildman–Crippen LogP) is 4.68. The van der Waals surface area contributed by atoms with Gasteiger partial charge in [-0.15, -0.1) is 0 Å². The van der Waals surface area contributed by atoms with Gasteiger partial charge >= 0.3 is 0 Å². The van der Waals surface area contributed by atoms with Crippen LogP contribution in [0.15, 0.2) is 18.6 Å². The molecular formula is C19H29N5. The summed E-state index contributed by atoms with van der Waals surface area (Å²) in [5, 5.41) is 9.19. The Morgan fingerprint density at radius 3 is 2.46 bits per heavy atom. The molecule has 0 spiro atoms. The molecule has 0 radical (unpaired) electrons. The van der Waals surface area contributed by atoms with Gasteiger partial charge in [0.25, 0.3) is 0 Å². The molecule has 0 saturated heterocycles. The van der Waals surface area contributed by atoms with Crippen molar-refractivity contribution in [3.63, 3.8) is 0 Å². The second-order valence-corrected chi connectivity index (χ2v) is 5.60. The van der Waals surface area contributed by atoms with Gasteiger partial charge in [-0.05, 0) is 25.8 Å². The van der Waals surface area contributed by atoms with Gasteiger partial charge in [-0.2, -0.15) is 5.10 Å². The third-order valence-electron chi connectivity index (χ3n) is 4.23. The quantitative estimate of drug-likeness (QED) is 0.682. The summed E-state index contributed by atoms with van der Waals surface area (Å²) in [5.74, 6) is 0. The van der Waals surface area contributed by atoms with Crippen LogP contribution in [-0.2, 0) is 13.5 Å². The van der Waals surface area contributed by atoms with E-state index >= 15 is 0 Å². The number of pyridine rings is 1. The maximum atomic E-state index is 4.56. The molecule has 1 aliphatic heterocycles. The Kier molecular flexibility index (Phi) is 5.65. The number of hydrogen-bond acceptors (Lipinski definition) is 3. The first kappa shape index (κ1) is 18.0. The van der Waals surface area contributed by atoms with Crippen molar-refractivity contribution in [1.29, 1.82) is 0 Å². The molecule has 0 bridgehead atoms. The van der Waals surface area contributed by atoms with Gasteiger partial charge in [0.1, 0.15) is 5.65 Å². The average Bonchev–Trinajstić information content (AvgIpc) is 3.17. The molecule has 1 unspecified atom stereocenters. The van der Waals surface area contributed by atoms with Crippen molar-refractivity contribution in [3.8, 4) is 11.1 Å². The van der Waals surface area contributed by atoms with Crippen molar-refractivity contribution >= 4 is 16.7 Å². The Bertz CT molecular complexity index is 813. The Morgan fingerprint density at radius 2 is 1.83 bits per heavy atom. The minimum atomic E-state index is 0.430. The monoisotopic (exact) mass is 327 g/mol. The van der Waals surface area contributed by atoms with E-state index in [0.717, 1.165) is 28.9 Å². The Morgan fingerprint density at radius 1 is 1.12 bits per heavy atom. The van der Waals surface area contributed by atoms with Crippen molar-refractivity contribution in [2.24, 2.45) is 7.05 Å². The lowest BCUT2D eigenvalue weighted by Crippen LogP contribution is -2.22. The molecule has 0 fully saturated rings. The highest BCUT2D eigenvalue weighted by Gasteiger charge is 2.23. The highest BCUT2D eigenvalue weighted by atomic mass is 15.3. The van der Waals surface area contributed by atoms with Crippen LogP contribution < -0.4 is 5.32 Å². The number of H-pyrrole nitrogens is 1. The van der Waals surface area contributed by atoms with Crippen LogP contribution in [0.1, 0.15) is 45.9 Å². The second kappa shape index (κ2) is 7.51. The first-order valence-corrected chi connectivity index (χ1v) is 8.89. The Hall–Kier alpha value is -2.30. The second-order valence-electron chi connectivity index (χ2n) is 5.60. The number of hydrogen-bond donors (Lipinski definition) is 2. The zero-order valence-corrected chi connectivity index (χ0v) is 15.9. The van der Waals surface area contributed by atoms with Crippen molar-refractivity contribution < 1.29 is 0 Å². The molecule has 0 amide bonds. The third-order valence-corrected chi connectivity index (χ3v) is 4.23. The van der Waals surface area contributed by atoms with Crippen molar-refractivity contribution in [3.05, 3.63) is 29.8 Å². The van der Waals surface area contributed by atoms with Crippen LogP contribution in [0.25, 0.3) is 22.2 Å². The minimum absolute atomic E-state index is 0.430. The molecule has 0 aromatic carbocycles. The molecule has 0 saturated carbocycles. The van der Waals surface area contributed by atoms with Gasteiger partial charge in [0, 0.05) is 47.7 Å². The molecule has 3 aromatic heterocycles. The summed E-state index contributed by atoms with van der Waals surface area (Å²) in [6, 6.07) is 0.430. The first-order valence-electron chi connectivity index (χ1n) is 8.89. The van der Waals surface area contributed by atoms with Crippen molar-refractivity contribution in [1.82, 2.24) is 19.7 Å². The van der Waals surface area contributed by atoms with Gasteiger partial charge < -0.3 is 10.3 Å². The topological polar surface area (TPSA) is 58.5 Å². The van der Waals surface area contributed by atoms with E-state index in [1.165, 1.54) is 16.6 Å². The van der Waals surface area contributed by atoms with Gasteiger partial charge in [-0.1, -0.05) is 27.7 Å². The van der Waals surface area contributed by atoms with Crippen molar-refractivity contribution in [2.75, 3.05) is 5.32 Å². The van der Waals surface area contributed by atoms with Crippen LogP contribution >= 0.6 is 0 Å². The molecule has 130 valence electrons. The first-order chi connectivity index (χ1) is 11.6. The lowest BCUT2D eigenvalue weighted by Gasteiger charge is -2.24. The van der Waals surface area contributed by atoms with E-state index in [1.54, 1.807) is 0 Å². The van der Waals surface area contributed by atoms with E-state index in [0.29, 0.717) is 6.04 Å². The molecule has 1 atom stereocenters. The van der Waals surface area contributed by atoms with Crippen LogP contribution in [0.5, 0.6) is 0 Å². The number of rotatable bonds is 1. The summed E-state index contributed by atoms with van der Waals surface area (Å²) < 4.78 is 1.90.